The highest BCUT2D eigenvalue weighted by Crippen LogP contribution is 2.39. The summed E-state index contributed by atoms with van der Waals surface area (Å²) >= 11 is 11.2. The second-order valence-corrected chi connectivity index (χ2v) is 7.26. The van der Waals surface area contributed by atoms with Gasteiger partial charge in [0.2, 0.25) is 0 Å². The van der Waals surface area contributed by atoms with Crippen LogP contribution in [0.5, 0.6) is 11.5 Å². The molecule has 2 unspecified atom stereocenters. The van der Waals surface area contributed by atoms with E-state index in [9.17, 15) is 0 Å². The van der Waals surface area contributed by atoms with Crippen LogP contribution < -0.4 is 14.8 Å². The number of rotatable bonds is 4. The molecule has 0 spiro atoms. The first-order chi connectivity index (χ1) is 10.2. The highest BCUT2D eigenvalue weighted by atomic mass is 79.9. The van der Waals surface area contributed by atoms with Gasteiger partial charge in [-0.2, -0.15) is 0 Å². The van der Waals surface area contributed by atoms with Gasteiger partial charge < -0.3 is 14.8 Å². The molecule has 0 saturated carbocycles. The van der Waals surface area contributed by atoms with Crippen molar-refractivity contribution in [3.8, 4) is 11.5 Å². The smallest absolute Gasteiger partial charge is 0.161 e. The van der Waals surface area contributed by atoms with Crippen LogP contribution in [0.2, 0.25) is 4.34 Å². The normalized spacial score (nSPS) is 18.5. The minimum absolute atomic E-state index is 0.0529. The van der Waals surface area contributed by atoms with Crippen molar-refractivity contribution in [2.45, 2.75) is 19.1 Å². The first kappa shape index (κ1) is 15.2. The second kappa shape index (κ2) is 6.57. The Bertz CT molecular complexity index is 614. The molecule has 3 rings (SSSR count). The molecular weight excluding hydrogens is 374 g/mol. The van der Waals surface area contributed by atoms with Gasteiger partial charge in [-0.3, -0.25) is 0 Å². The Morgan fingerprint density at radius 1 is 1.43 bits per heavy atom. The monoisotopic (exact) mass is 387 g/mol. The van der Waals surface area contributed by atoms with Crippen LogP contribution in [0.15, 0.2) is 34.8 Å². The Morgan fingerprint density at radius 2 is 2.19 bits per heavy atom. The summed E-state index contributed by atoms with van der Waals surface area (Å²) in [6, 6.07) is 9.85. The summed E-state index contributed by atoms with van der Waals surface area (Å²) in [5, 5.41) is 3.47. The lowest BCUT2D eigenvalue weighted by molar-refractivity contribution is 0.0630. The van der Waals surface area contributed by atoms with Crippen molar-refractivity contribution in [3.05, 3.63) is 44.0 Å². The Balaban J connectivity index is 1.85. The summed E-state index contributed by atoms with van der Waals surface area (Å²) in [6.07, 6.45) is -0.0820. The molecule has 2 heterocycles. The Kier molecular flexibility index (Phi) is 4.74. The zero-order valence-electron chi connectivity index (χ0n) is 11.4. The van der Waals surface area contributed by atoms with Crippen LogP contribution >= 0.6 is 38.9 Å². The maximum atomic E-state index is 6.17. The number of halogens is 2. The third-order valence-electron chi connectivity index (χ3n) is 3.30. The molecule has 1 aliphatic heterocycles. The van der Waals surface area contributed by atoms with Crippen LogP contribution in [0, 0.1) is 0 Å². The maximum absolute atomic E-state index is 6.17. The molecule has 0 bridgehead atoms. The first-order valence-electron chi connectivity index (χ1n) is 6.75. The van der Waals surface area contributed by atoms with Gasteiger partial charge in [0.25, 0.3) is 0 Å². The Hall–Kier alpha value is -0.750. The van der Waals surface area contributed by atoms with Gasteiger partial charge in [0.1, 0.15) is 10.9 Å². The molecule has 3 nitrogen and oxygen atoms in total. The van der Waals surface area contributed by atoms with E-state index in [1.807, 2.05) is 30.3 Å². The van der Waals surface area contributed by atoms with Crippen molar-refractivity contribution in [3.63, 3.8) is 0 Å². The standard InChI is InChI=1S/C15H15BrClNO2S/c1-2-18-14(13-7-9(16)15(17)21-13)12-8-19-10-5-3-4-6-11(10)20-12/h3-7,12,14,18H,2,8H2,1H3. The van der Waals surface area contributed by atoms with Crippen molar-refractivity contribution >= 4 is 38.9 Å². The van der Waals surface area contributed by atoms with E-state index in [0.717, 1.165) is 31.7 Å². The van der Waals surface area contributed by atoms with Crippen LogP contribution in [-0.4, -0.2) is 19.3 Å². The van der Waals surface area contributed by atoms with Crippen molar-refractivity contribution in [2.75, 3.05) is 13.2 Å². The number of likely N-dealkylation sites (N-methyl/N-ethyl adjacent to an activating group) is 1. The summed E-state index contributed by atoms with van der Waals surface area (Å²) in [5.74, 6) is 1.59. The van der Waals surface area contributed by atoms with E-state index in [4.69, 9.17) is 21.1 Å². The Morgan fingerprint density at radius 3 is 2.86 bits per heavy atom. The van der Waals surface area contributed by atoms with Crippen LogP contribution in [0.4, 0.5) is 0 Å². The summed E-state index contributed by atoms with van der Waals surface area (Å²) in [4.78, 5) is 1.14. The molecular formula is C15H15BrClNO2S. The fourth-order valence-corrected chi connectivity index (χ4v) is 4.22. The molecule has 0 radical (unpaired) electrons. The van der Waals surface area contributed by atoms with E-state index < -0.39 is 0 Å². The molecule has 1 N–H and O–H groups in total. The average molecular weight is 389 g/mol. The quantitative estimate of drug-likeness (QED) is 0.826. The SMILES string of the molecule is CCNC(c1cc(Br)c(Cl)s1)C1COc2ccccc2O1. The lowest BCUT2D eigenvalue weighted by atomic mass is 10.1. The molecule has 21 heavy (non-hydrogen) atoms. The van der Waals surface area contributed by atoms with E-state index in [2.05, 4.69) is 28.2 Å². The molecule has 0 fully saturated rings. The van der Waals surface area contributed by atoms with Crippen LogP contribution in [0.3, 0.4) is 0 Å². The number of benzene rings is 1. The lowest BCUT2D eigenvalue weighted by Crippen LogP contribution is -2.41. The van der Waals surface area contributed by atoms with Crippen molar-refractivity contribution in [1.82, 2.24) is 5.32 Å². The van der Waals surface area contributed by atoms with Gasteiger partial charge in [0.15, 0.2) is 17.6 Å². The molecule has 1 aromatic carbocycles. The zero-order valence-corrected chi connectivity index (χ0v) is 14.6. The van der Waals surface area contributed by atoms with Gasteiger partial charge >= 0.3 is 0 Å². The lowest BCUT2D eigenvalue weighted by Gasteiger charge is -2.32. The number of hydrogen-bond acceptors (Lipinski definition) is 4. The number of thiophene rings is 1. The van der Waals surface area contributed by atoms with E-state index in [1.165, 1.54) is 0 Å². The molecule has 1 aliphatic rings. The van der Waals surface area contributed by atoms with Gasteiger partial charge in [0, 0.05) is 9.35 Å². The van der Waals surface area contributed by atoms with Crippen LogP contribution in [0.25, 0.3) is 0 Å². The second-order valence-electron chi connectivity index (χ2n) is 4.72. The van der Waals surface area contributed by atoms with E-state index in [-0.39, 0.29) is 12.1 Å². The van der Waals surface area contributed by atoms with Gasteiger partial charge in [-0.05, 0) is 40.7 Å². The number of fused-ring (bicyclic) bond motifs is 1. The molecule has 1 aromatic heterocycles. The van der Waals surface area contributed by atoms with Gasteiger partial charge in [-0.25, -0.2) is 0 Å². The first-order valence-corrected chi connectivity index (χ1v) is 8.74. The molecule has 2 aromatic rings. The summed E-state index contributed by atoms with van der Waals surface area (Å²) in [6.45, 7) is 3.44. The van der Waals surface area contributed by atoms with Crippen molar-refractivity contribution < 1.29 is 9.47 Å². The number of nitrogens with one attached hydrogen (secondary N) is 1. The van der Waals surface area contributed by atoms with Crippen LogP contribution in [-0.2, 0) is 0 Å². The third-order valence-corrected chi connectivity index (χ3v) is 5.85. The predicted molar refractivity (Wildman–Crippen MR) is 89.8 cm³/mol. The predicted octanol–water partition coefficient (Wildman–Crippen LogP) is 4.65. The molecule has 6 heteroatoms. The van der Waals surface area contributed by atoms with E-state index in [0.29, 0.717) is 6.61 Å². The molecule has 0 amide bonds. The van der Waals surface area contributed by atoms with Crippen molar-refractivity contribution in [2.24, 2.45) is 0 Å². The molecule has 0 saturated heterocycles. The fraction of sp³-hybridized carbons (Fsp3) is 0.333. The van der Waals surface area contributed by atoms with Gasteiger partial charge in [-0.1, -0.05) is 30.7 Å². The summed E-state index contributed by atoms with van der Waals surface area (Å²) in [5.41, 5.74) is 0. The summed E-state index contributed by atoms with van der Waals surface area (Å²) in [7, 11) is 0. The topological polar surface area (TPSA) is 30.5 Å². The largest absolute Gasteiger partial charge is 0.486 e. The van der Waals surface area contributed by atoms with E-state index >= 15 is 0 Å². The minimum atomic E-state index is -0.0820. The maximum Gasteiger partial charge on any atom is 0.161 e. The number of ether oxygens (including phenoxy) is 2. The highest BCUT2D eigenvalue weighted by Gasteiger charge is 2.31. The number of para-hydroxylation sites is 2. The molecule has 2 atom stereocenters. The van der Waals surface area contributed by atoms with Crippen LogP contribution in [0.1, 0.15) is 17.8 Å². The number of hydrogen-bond donors (Lipinski definition) is 1. The fourth-order valence-electron chi connectivity index (χ4n) is 2.35. The summed E-state index contributed by atoms with van der Waals surface area (Å²) < 4.78 is 13.6. The van der Waals surface area contributed by atoms with Gasteiger partial charge in [-0.15, -0.1) is 11.3 Å². The Labute approximate surface area is 141 Å². The zero-order chi connectivity index (χ0) is 14.8. The molecule has 112 valence electrons. The average Bonchev–Trinajstić information content (AvgIpc) is 2.83. The highest BCUT2D eigenvalue weighted by molar-refractivity contribution is 9.10. The third kappa shape index (κ3) is 3.21. The van der Waals surface area contributed by atoms with Gasteiger partial charge in [0.05, 0.1) is 6.04 Å². The van der Waals surface area contributed by atoms with Crippen molar-refractivity contribution in [1.29, 1.82) is 0 Å². The molecule has 0 aliphatic carbocycles. The minimum Gasteiger partial charge on any atom is -0.486 e. The van der Waals surface area contributed by atoms with E-state index in [1.54, 1.807) is 11.3 Å².